The van der Waals surface area contributed by atoms with Gasteiger partial charge in [0, 0.05) is 31.0 Å². The minimum Gasteiger partial charge on any atom is -0.316 e. The molecule has 4 rings (SSSR count). The molecule has 0 radical (unpaired) electrons. The number of carbonyl (C=O) groups is 1. The highest BCUT2D eigenvalue weighted by molar-refractivity contribution is 7.98. The maximum absolute atomic E-state index is 13.2. The highest BCUT2D eigenvalue weighted by Gasteiger charge is 2.39. The van der Waals surface area contributed by atoms with E-state index >= 15 is 0 Å². The third kappa shape index (κ3) is 4.81. The molecule has 1 unspecified atom stereocenters. The molecule has 1 fully saturated rings. The minimum atomic E-state index is -3.84. The van der Waals surface area contributed by atoms with Crippen molar-refractivity contribution in [3.63, 3.8) is 0 Å². The van der Waals surface area contributed by atoms with Crippen LogP contribution in [-0.2, 0) is 21.4 Å². The number of rotatable bonds is 7. The van der Waals surface area contributed by atoms with Crippen molar-refractivity contribution in [2.24, 2.45) is 4.99 Å². The summed E-state index contributed by atoms with van der Waals surface area (Å²) in [5, 5.41) is 11.2. The number of carbonyl (C=O) groups excluding carboxylic acids is 1. The summed E-state index contributed by atoms with van der Waals surface area (Å²) in [6.07, 6.45) is 2.94. The third-order valence-corrected chi connectivity index (χ3v) is 9.27. The molecule has 2 heterocycles. The van der Waals surface area contributed by atoms with Gasteiger partial charge in [-0.25, -0.2) is 8.42 Å². The van der Waals surface area contributed by atoms with Crippen molar-refractivity contribution in [2.75, 3.05) is 18.6 Å². The van der Waals surface area contributed by atoms with E-state index in [0.29, 0.717) is 28.9 Å². The predicted molar refractivity (Wildman–Crippen MR) is 134 cm³/mol. The molecule has 0 bridgehead atoms. The minimum absolute atomic E-state index is 0.0326. The van der Waals surface area contributed by atoms with Gasteiger partial charge in [-0.2, -0.15) is 21.1 Å². The van der Waals surface area contributed by atoms with Crippen molar-refractivity contribution in [3.05, 3.63) is 62.9 Å². The van der Waals surface area contributed by atoms with Gasteiger partial charge in [-0.05, 0) is 44.2 Å². The molecule has 1 amide bonds. The Morgan fingerprint density at radius 3 is 2.68 bits per heavy atom. The number of aryl methyl sites for hydroxylation is 2. The molecule has 1 aromatic heterocycles. The molecule has 1 atom stereocenters. The Balaban J connectivity index is 1.72. The second kappa shape index (κ2) is 9.98. The van der Waals surface area contributed by atoms with E-state index in [-0.39, 0.29) is 17.1 Å². The summed E-state index contributed by atoms with van der Waals surface area (Å²) in [5.74, 6) is 0.244. The van der Waals surface area contributed by atoms with Gasteiger partial charge in [0.1, 0.15) is 6.04 Å². The molecule has 1 aliphatic rings. The predicted octanol–water partition coefficient (Wildman–Crippen LogP) is 3.56. The third-order valence-electron chi connectivity index (χ3n) is 5.72. The number of hydrogen-bond acceptors (Lipinski definition) is 7. The Bertz CT molecular complexity index is 1410. The first-order valence-corrected chi connectivity index (χ1v) is 14.3. The fourth-order valence-corrected chi connectivity index (χ4v) is 7.06. The van der Waals surface area contributed by atoms with Crippen LogP contribution in [0.15, 0.2) is 52.4 Å². The number of hydrogen-bond donors (Lipinski definition) is 0. The Labute approximate surface area is 205 Å². The van der Waals surface area contributed by atoms with Crippen molar-refractivity contribution < 1.29 is 18.1 Å². The summed E-state index contributed by atoms with van der Waals surface area (Å²) in [5.41, 5.74) is 1.67. The number of nitro benzene ring substituents is 1. The molecule has 0 aliphatic carbocycles. The molecule has 1 saturated heterocycles. The first-order valence-electron chi connectivity index (χ1n) is 10.7. The van der Waals surface area contributed by atoms with Crippen LogP contribution in [0.5, 0.6) is 0 Å². The highest BCUT2D eigenvalue weighted by Crippen LogP contribution is 2.28. The van der Waals surface area contributed by atoms with E-state index in [2.05, 4.69) is 4.99 Å². The van der Waals surface area contributed by atoms with Gasteiger partial charge in [-0.3, -0.25) is 14.9 Å². The molecule has 9 nitrogen and oxygen atoms in total. The summed E-state index contributed by atoms with van der Waals surface area (Å²) in [6.45, 7) is 2.71. The van der Waals surface area contributed by atoms with Gasteiger partial charge in [-0.1, -0.05) is 29.0 Å². The van der Waals surface area contributed by atoms with Crippen LogP contribution in [0.2, 0.25) is 0 Å². The zero-order valence-corrected chi connectivity index (χ0v) is 21.2. The average Bonchev–Trinajstić information content (AvgIpc) is 3.43. The van der Waals surface area contributed by atoms with Crippen LogP contribution in [0.4, 0.5) is 5.69 Å². The van der Waals surface area contributed by atoms with Gasteiger partial charge in [-0.15, -0.1) is 0 Å². The maximum Gasteiger partial charge on any atom is 0.270 e. The van der Waals surface area contributed by atoms with Crippen LogP contribution in [0.3, 0.4) is 0 Å². The van der Waals surface area contributed by atoms with Crippen molar-refractivity contribution in [1.82, 2.24) is 8.87 Å². The monoisotopic (exact) mass is 520 g/mol. The summed E-state index contributed by atoms with van der Waals surface area (Å²) in [4.78, 5) is 28.9. The van der Waals surface area contributed by atoms with Crippen molar-refractivity contribution in [1.29, 1.82) is 0 Å². The zero-order valence-electron chi connectivity index (χ0n) is 18.7. The highest BCUT2D eigenvalue weighted by atomic mass is 32.2. The number of nitro groups is 1. The quantitative estimate of drug-likeness (QED) is 0.348. The van der Waals surface area contributed by atoms with Gasteiger partial charge >= 0.3 is 0 Å². The van der Waals surface area contributed by atoms with Crippen LogP contribution in [-0.4, -0.2) is 52.7 Å². The number of fused-ring (bicyclic) bond motifs is 1. The second-order valence-electron chi connectivity index (χ2n) is 7.98. The average molecular weight is 521 g/mol. The van der Waals surface area contributed by atoms with Gasteiger partial charge in [0.2, 0.25) is 10.0 Å². The fraction of sp³-hybridized carbons (Fsp3) is 0.364. The Hall–Kier alpha value is -2.54. The van der Waals surface area contributed by atoms with Crippen molar-refractivity contribution in [2.45, 2.75) is 37.2 Å². The van der Waals surface area contributed by atoms with E-state index in [9.17, 15) is 23.3 Å². The summed E-state index contributed by atoms with van der Waals surface area (Å²) in [6, 6.07) is 10.3. The number of sulfonamides is 1. The first-order chi connectivity index (χ1) is 16.2. The summed E-state index contributed by atoms with van der Waals surface area (Å²) < 4.78 is 30.2. The van der Waals surface area contributed by atoms with Crippen molar-refractivity contribution >= 4 is 54.9 Å². The number of benzene rings is 2. The Morgan fingerprint density at radius 2 is 2.00 bits per heavy atom. The topological polar surface area (TPSA) is 115 Å². The lowest BCUT2D eigenvalue weighted by Gasteiger charge is -2.21. The first kappa shape index (κ1) is 24.6. The lowest BCUT2D eigenvalue weighted by atomic mass is 10.2. The molecule has 2 aromatic carbocycles. The molecule has 0 spiro atoms. The number of nitrogens with zero attached hydrogens (tertiary/aromatic N) is 4. The lowest BCUT2D eigenvalue weighted by Crippen LogP contribution is -2.40. The fourth-order valence-electron chi connectivity index (χ4n) is 3.95. The summed E-state index contributed by atoms with van der Waals surface area (Å²) in [7, 11) is -3.84. The molecule has 0 saturated carbocycles. The molecule has 12 heteroatoms. The van der Waals surface area contributed by atoms with Crippen LogP contribution < -0.4 is 4.80 Å². The number of amides is 1. The van der Waals surface area contributed by atoms with Crippen LogP contribution in [0, 0.1) is 17.0 Å². The summed E-state index contributed by atoms with van der Waals surface area (Å²) >= 11 is 2.83. The normalized spacial score (nSPS) is 17.5. The molecule has 180 valence electrons. The van der Waals surface area contributed by atoms with E-state index in [0.717, 1.165) is 16.8 Å². The molecular formula is C22H24N4O5S3. The van der Waals surface area contributed by atoms with Crippen LogP contribution >= 0.6 is 23.1 Å². The molecule has 3 aromatic rings. The smallest absolute Gasteiger partial charge is 0.270 e. The van der Waals surface area contributed by atoms with Crippen LogP contribution in [0.25, 0.3) is 10.2 Å². The van der Waals surface area contributed by atoms with E-state index in [4.69, 9.17) is 0 Å². The standard InChI is InChI=1S/C22H24N4O5S3/c1-15-5-8-17(9-6-15)34(30,31)25-11-3-4-19(25)21(27)23-22-24(12-13-32-2)18-10-7-16(26(28)29)14-20(18)33-22/h5-10,14,19H,3-4,11-13H2,1-2H3. The molecular weight excluding hydrogens is 496 g/mol. The van der Waals surface area contributed by atoms with Gasteiger partial charge in [0.25, 0.3) is 11.6 Å². The number of non-ortho nitro benzene ring substituents is 1. The lowest BCUT2D eigenvalue weighted by molar-refractivity contribution is -0.384. The van der Waals surface area contributed by atoms with E-state index in [1.54, 1.807) is 42.1 Å². The second-order valence-corrected chi connectivity index (χ2v) is 11.9. The largest absolute Gasteiger partial charge is 0.316 e. The number of aromatic nitrogens is 1. The van der Waals surface area contributed by atoms with E-state index in [1.165, 1.54) is 27.8 Å². The SMILES string of the molecule is CSCCn1c(=NC(=O)C2CCCN2S(=O)(=O)c2ccc(C)cc2)sc2cc([N+](=O)[O-])ccc21. The van der Waals surface area contributed by atoms with Gasteiger partial charge in [0.05, 0.1) is 20.0 Å². The molecule has 1 aliphatic heterocycles. The Kier molecular flexibility index (Phi) is 7.22. The number of thiazole rings is 1. The maximum atomic E-state index is 13.2. The van der Waals surface area contributed by atoms with Crippen LogP contribution in [0.1, 0.15) is 18.4 Å². The number of thioether (sulfide) groups is 1. The van der Waals surface area contributed by atoms with E-state index in [1.807, 2.05) is 17.7 Å². The van der Waals surface area contributed by atoms with Gasteiger partial charge in [0.15, 0.2) is 4.80 Å². The van der Waals surface area contributed by atoms with Gasteiger partial charge < -0.3 is 4.57 Å². The molecule has 34 heavy (non-hydrogen) atoms. The van der Waals surface area contributed by atoms with Crippen molar-refractivity contribution in [3.8, 4) is 0 Å². The van der Waals surface area contributed by atoms with E-state index < -0.39 is 26.9 Å². The molecule has 0 N–H and O–H groups in total. The Morgan fingerprint density at radius 1 is 1.26 bits per heavy atom. The zero-order chi connectivity index (χ0) is 24.5.